The second-order valence-corrected chi connectivity index (χ2v) is 8.36. The lowest BCUT2D eigenvalue weighted by atomic mass is 10.1. The van der Waals surface area contributed by atoms with E-state index in [2.05, 4.69) is 40.1 Å². The summed E-state index contributed by atoms with van der Waals surface area (Å²) in [5.41, 5.74) is 4.75. The van der Waals surface area contributed by atoms with Crippen LogP contribution in [0.25, 0.3) is 10.8 Å². The smallest absolute Gasteiger partial charge is 0.262 e. The molecular weight excluding hydrogens is 466 g/mol. The molecule has 1 atom stereocenters. The van der Waals surface area contributed by atoms with E-state index in [-0.39, 0.29) is 5.91 Å². The zero-order valence-corrected chi connectivity index (χ0v) is 20.8. The Balaban J connectivity index is 1.37. The molecular formula is C30H29N3O4. The van der Waals surface area contributed by atoms with E-state index in [0.29, 0.717) is 30.3 Å². The number of carbonyl (C=O) groups is 2. The van der Waals surface area contributed by atoms with Crippen molar-refractivity contribution in [2.45, 2.75) is 26.5 Å². The van der Waals surface area contributed by atoms with Gasteiger partial charge in [0, 0.05) is 5.56 Å². The summed E-state index contributed by atoms with van der Waals surface area (Å²) in [6.45, 7) is 4.37. The number of benzene rings is 4. The lowest BCUT2D eigenvalue weighted by molar-refractivity contribution is -0.122. The number of hydrogen-bond donors (Lipinski definition) is 2. The van der Waals surface area contributed by atoms with Gasteiger partial charge in [0.05, 0.1) is 12.8 Å². The second kappa shape index (κ2) is 12.4. The molecule has 188 valence electrons. The van der Waals surface area contributed by atoms with Gasteiger partial charge < -0.3 is 14.8 Å². The quantitative estimate of drug-likeness (QED) is 0.237. The lowest BCUT2D eigenvalue weighted by Gasteiger charge is -2.14. The van der Waals surface area contributed by atoms with Gasteiger partial charge in [-0.05, 0) is 66.1 Å². The standard InChI is InChI=1S/C30H29N3O4/c1-3-36-28-18-22(19-31-33-29(34)21(2)32-30(35)24-11-5-4-6-12-24)16-17-27(28)37-20-25-14-9-13-23-10-7-8-15-26(23)25/h4-19,21H,3,20H2,1-2H3,(H,32,35)(H,33,34). The molecule has 0 saturated carbocycles. The van der Waals surface area contributed by atoms with Gasteiger partial charge in [0.15, 0.2) is 11.5 Å². The molecule has 7 nitrogen and oxygen atoms in total. The number of fused-ring (bicyclic) bond motifs is 1. The van der Waals surface area contributed by atoms with Crippen LogP contribution in [0.2, 0.25) is 0 Å². The molecule has 0 spiro atoms. The number of nitrogens with one attached hydrogen (secondary N) is 2. The molecule has 2 amide bonds. The highest BCUT2D eigenvalue weighted by Crippen LogP contribution is 2.30. The molecule has 4 aromatic carbocycles. The highest BCUT2D eigenvalue weighted by Gasteiger charge is 2.16. The molecule has 0 aliphatic carbocycles. The SMILES string of the molecule is CCOc1cc(C=NNC(=O)C(C)NC(=O)c2ccccc2)ccc1OCc1cccc2ccccc12. The predicted molar refractivity (Wildman–Crippen MR) is 145 cm³/mol. The van der Waals surface area contributed by atoms with Crippen molar-refractivity contribution >= 4 is 28.8 Å². The average molecular weight is 496 g/mol. The molecule has 0 saturated heterocycles. The number of hydrogen-bond acceptors (Lipinski definition) is 5. The van der Waals surface area contributed by atoms with Crippen LogP contribution in [0.5, 0.6) is 11.5 Å². The Morgan fingerprint density at radius 1 is 0.892 bits per heavy atom. The topological polar surface area (TPSA) is 89.0 Å². The van der Waals surface area contributed by atoms with Gasteiger partial charge in [-0.25, -0.2) is 5.43 Å². The molecule has 0 aromatic heterocycles. The molecule has 0 aliphatic heterocycles. The van der Waals surface area contributed by atoms with Crippen molar-refractivity contribution in [3.63, 3.8) is 0 Å². The Kier molecular flexibility index (Phi) is 8.49. The van der Waals surface area contributed by atoms with Crippen molar-refractivity contribution in [2.24, 2.45) is 5.10 Å². The Morgan fingerprint density at radius 3 is 2.46 bits per heavy atom. The maximum Gasteiger partial charge on any atom is 0.262 e. The molecule has 4 aromatic rings. The molecule has 2 N–H and O–H groups in total. The van der Waals surface area contributed by atoms with Crippen molar-refractivity contribution in [3.8, 4) is 11.5 Å². The summed E-state index contributed by atoms with van der Waals surface area (Å²) >= 11 is 0. The van der Waals surface area contributed by atoms with Gasteiger partial charge in [0.25, 0.3) is 11.8 Å². The fourth-order valence-corrected chi connectivity index (χ4v) is 3.77. The second-order valence-electron chi connectivity index (χ2n) is 8.36. The summed E-state index contributed by atoms with van der Waals surface area (Å²) in [5, 5.41) is 9.00. The number of carbonyl (C=O) groups excluding carboxylic acids is 2. The molecule has 0 fully saturated rings. The summed E-state index contributed by atoms with van der Waals surface area (Å²) in [6.07, 6.45) is 1.51. The zero-order valence-electron chi connectivity index (χ0n) is 20.8. The van der Waals surface area contributed by atoms with E-state index < -0.39 is 11.9 Å². The first-order valence-corrected chi connectivity index (χ1v) is 12.1. The van der Waals surface area contributed by atoms with Crippen LogP contribution in [-0.2, 0) is 11.4 Å². The highest BCUT2D eigenvalue weighted by atomic mass is 16.5. The normalized spacial score (nSPS) is 11.7. The van der Waals surface area contributed by atoms with E-state index in [1.54, 1.807) is 37.3 Å². The van der Waals surface area contributed by atoms with Gasteiger partial charge in [-0.1, -0.05) is 60.7 Å². The Bertz CT molecular complexity index is 1400. The Morgan fingerprint density at radius 2 is 1.65 bits per heavy atom. The van der Waals surface area contributed by atoms with Crippen LogP contribution >= 0.6 is 0 Å². The molecule has 4 rings (SSSR count). The summed E-state index contributed by atoms with van der Waals surface area (Å²) < 4.78 is 11.9. The average Bonchev–Trinajstić information content (AvgIpc) is 2.93. The van der Waals surface area contributed by atoms with Crippen molar-refractivity contribution in [3.05, 3.63) is 108 Å². The van der Waals surface area contributed by atoms with Crippen LogP contribution in [0.3, 0.4) is 0 Å². The third kappa shape index (κ3) is 6.73. The van der Waals surface area contributed by atoms with Crippen molar-refractivity contribution in [1.29, 1.82) is 0 Å². The summed E-state index contributed by atoms with van der Waals surface area (Å²) in [5.74, 6) is 0.447. The van der Waals surface area contributed by atoms with Crippen LogP contribution in [-0.4, -0.2) is 30.7 Å². The molecule has 0 aliphatic rings. The van der Waals surface area contributed by atoms with E-state index in [1.165, 1.54) is 6.21 Å². The monoisotopic (exact) mass is 495 g/mol. The van der Waals surface area contributed by atoms with Crippen molar-refractivity contribution < 1.29 is 19.1 Å². The van der Waals surface area contributed by atoms with E-state index in [9.17, 15) is 9.59 Å². The molecule has 0 bridgehead atoms. The number of nitrogens with zero attached hydrogens (tertiary/aromatic N) is 1. The predicted octanol–water partition coefficient (Wildman–Crippen LogP) is 5.09. The van der Waals surface area contributed by atoms with Gasteiger partial charge in [-0.3, -0.25) is 9.59 Å². The third-order valence-corrected chi connectivity index (χ3v) is 5.70. The van der Waals surface area contributed by atoms with E-state index in [4.69, 9.17) is 9.47 Å². The summed E-state index contributed by atoms with van der Waals surface area (Å²) in [4.78, 5) is 24.6. The fraction of sp³-hybridized carbons (Fsp3) is 0.167. The Hall–Kier alpha value is -4.65. The summed E-state index contributed by atoms with van der Waals surface area (Å²) in [6, 6.07) is 27.8. The van der Waals surface area contributed by atoms with Crippen LogP contribution in [0, 0.1) is 0 Å². The van der Waals surface area contributed by atoms with Crippen LogP contribution in [0.15, 0.2) is 96.1 Å². The van der Waals surface area contributed by atoms with Crippen LogP contribution < -0.4 is 20.2 Å². The molecule has 0 radical (unpaired) electrons. The number of rotatable bonds is 10. The highest BCUT2D eigenvalue weighted by molar-refractivity contribution is 5.97. The van der Waals surface area contributed by atoms with Gasteiger partial charge >= 0.3 is 0 Å². The number of hydrazone groups is 1. The lowest BCUT2D eigenvalue weighted by Crippen LogP contribution is -2.43. The van der Waals surface area contributed by atoms with Crippen molar-refractivity contribution in [1.82, 2.24) is 10.7 Å². The fourth-order valence-electron chi connectivity index (χ4n) is 3.77. The maximum atomic E-state index is 12.4. The molecule has 1 unspecified atom stereocenters. The van der Waals surface area contributed by atoms with Crippen LogP contribution in [0.4, 0.5) is 0 Å². The minimum absolute atomic E-state index is 0.326. The minimum Gasteiger partial charge on any atom is -0.490 e. The van der Waals surface area contributed by atoms with Gasteiger partial charge in [0.2, 0.25) is 0 Å². The van der Waals surface area contributed by atoms with E-state index in [1.807, 2.05) is 43.3 Å². The molecule has 7 heteroatoms. The molecule has 37 heavy (non-hydrogen) atoms. The minimum atomic E-state index is -0.756. The van der Waals surface area contributed by atoms with Gasteiger partial charge in [-0.15, -0.1) is 0 Å². The first kappa shape index (κ1) is 25.4. The molecule has 0 heterocycles. The number of ether oxygens (including phenoxy) is 2. The van der Waals surface area contributed by atoms with Gasteiger partial charge in [0.1, 0.15) is 12.6 Å². The summed E-state index contributed by atoms with van der Waals surface area (Å²) in [7, 11) is 0. The van der Waals surface area contributed by atoms with E-state index >= 15 is 0 Å². The van der Waals surface area contributed by atoms with E-state index in [0.717, 1.165) is 21.9 Å². The van der Waals surface area contributed by atoms with Crippen molar-refractivity contribution in [2.75, 3.05) is 6.61 Å². The Labute approximate surface area is 216 Å². The third-order valence-electron chi connectivity index (χ3n) is 5.70. The first-order chi connectivity index (χ1) is 18.0. The van der Waals surface area contributed by atoms with Crippen LogP contribution in [0.1, 0.15) is 35.3 Å². The number of amides is 2. The zero-order chi connectivity index (χ0) is 26.0. The maximum absolute atomic E-state index is 12.4. The van der Waals surface area contributed by atoms with Gasteiger partial charge in [-0.2, -0.15) is 5.10 Å². The first-order valence-electron chi connectivity index (χ1n) is 12.1. The largest absolute Gasteiger partial charge is 0.490 e.